The molecule has 0 fully saturated rings. The van der Waals surface area contributed by atoms with Gasteiger partial charge in [-0.3, -0.25) is 0 Å². The Morgan fingerprint density at radius 2 is 1.03 bits per heavy atom. The molecular weight excluding hydrogens is 475 g/mol. The van der Waals surface area contributed by atoms with Crippen molar-refractivity contribution in [3.05, 3.63) is 118 Å². The van der Waals surface area contributed by atoms with Crippen LogP contribution in [0.3, 0.4) is 0 Å². The molecule has 4 aromatic carbocycles. The fraction of sp³-hybridized carbons (Fsp3) is 0.316. The standard InChI is InChI=1S/C38H39F/c1-3-5-7-8-10-11-30-13-15-31(16-14-30)17-18-32-19-21-33(22-20-32)23-25-35-26-27-36-29-34(12-9-6-4-2)24-28-37(36)38(35)39/h13-16,19-22,24,26-29H,3-12H2,1-2H3. The summed E-state index contributed by atoms with van der Waals surface area (Å²) < 4.78 is 15.1. The molecule has 0 spiro atoms. The van der Waals surface area contributed by atoms with Gasteiger partial charge in [0.25, 0.3) is 0 Å². The van der Waals surface area contributed by atoms with Crippen LogP contribution in [0, 0.1) is 29.5 Å². The van der Waals surface area contributed by atoms with Crippen molar-refractivity contribution < 1.29 is 4.39 Å². The molecule has 4 rings (SSSR count). The topological polar surface area (TPSA) is 0 Å². The highest BCUT2D eigenvalue weighted by Crippen LogP contribution is 2.23. The number of rotatable bonds is 10. The molecule has 4 aromatic rings. The molecule has 0 saturated carbocycles. The minimum atomic E-state index is -0.245. The molecule has 198 valence electrons. The van der Waals surface area contributed by atoms with Gasteiger partial charge in [0.15, 0.2) is 0 Å². The Labute approximate surface area is 234 Å². The van der Waals surface area contributed by atoms with Gasteiger partial charge in [-0.15, -0.1) is 0 Å². The van der Waals surface area contributed by atoms with Gasteiger partial charge in [-0.2, -0.15) is 0 Å². The van der Waals surface area contributed by atoms with Crippen LogP contribution in [0.5, 0.6) is 0 Å². The summed E-state index contributed by atoms with van der Waals surface area (Å²) in [6.45, 7) is 4.46. The summed E-state index contributed by atoms with van der Waals surface area (Å²) in [5, 5.41) is 1.57. The van der Waals surface area contributed by atoms with Gasteiger partial charge in [0.1, 0.15) is 5.82 Å². The predicted octanol–water partition coefficient (Wildman–Crippen LogP) is 10.0. The summed E-state index contributed by atoms with van der Waals surface area (Å²) >= 11 is 0. The van der Waals surface area contributed by atoms with E-state index in [2.05, 4.69) is 67.9 Å². The van der Waals surface area contributed by atoms with E-state index in [1.165, 1.54) is 62.5 Å². The summed E-state index contributed by atoms with van der Waals surface area (Å²) in [6.07, 6.45) is 12.3. The molecule has 1 heteroatoms. The lowest BCUT2D eigenvalue weighted by atomic mass is 10.0. The number of fused-ring (bicyclic) bond motifs is 1. The van der Waals surface area contributed by atoms with Crippen LogP contribution in [0.1, 0.15) is 98.6 Å². The first kappa shape index (κ1) is 28.2. The average molecular weight is 515 g/mol. The molecule has 0 amide bonds. The second kappa shape index (κ2) is 15.0. The van der Waals surface area contributed by atoms with Crippen molar-refractivity contribution in [1.29, 1.82) is 0 Å². The van der Waals surface area contributed by atoms with Crippen LogP contribution in [0.15, 0.2) is 78.9 Å². The zero-order valence-electron chi connectivity index (χ0n) is 23.5. The fourth-order valence-electron chi connectivity index (χ4n) is 4.78. The van der Waals surface area contributed by atoms with Crippen LogP contribution in [0.2, 0.25) is 0 Å². The number of benzene rings is 4. The number of halogens is 1. The fourth-order valence-corrected chi connectivity index (χ4v) is 4.78. The molecule has 0 nitrogen and oxygen atoms in total. The normalized spacial score (nSPS) is 10.5. The Morgan fingerprint density at radius 3 is 1.69 bits per heavy atom. The third-order valence-corrected chi connectivity index (χ3v) is 7.19. The van der Waals surface area contributed by atoms with Crippen molar-refractivity contribution in [2.75, 3.05) is 0 Å². The molecule has 0 N–H and O–H groups in total. The highest BCUT2D eigenvalue weighted by Gasteiger charge is 2.06. The van der Waals surface area contributed by atoms with Crippen LogP contribution in [-0.4, -0.2) is 0 Å². The minimum Gasteiger partial charge on any atom is -0.205 e. The van der Waals surface area contributed by atoms with E-state index in [4.69, 9.17) is 0 Å². The van der Waals surface area contributed by atoms with Gasteiger partial charge in [0.2, 0.25) is 0 Å². The van der Waals surface area contributed by atoms with Crippen LogP contribution >= 0.6 is 0 Å². The smallest absolute Gasteiger partial charge is 0.146 e. The van der Waals surface area contributed by atoms with E-state index in [1.807, 2.05) is 42.5 Å². The lowest BCUT2D eigenvalue weighted by Gasteiger charge is -2.06. The molecular formula is C38H39F. The second-order valence-corrected chi connectivity index (χ2v) is 10.4. The maximum Gasteiger partial charge on any atom is 0.146 e. The molecule has 0 saturated heterocycles. The van der Waals surface area contributed by atoms with Gasteiger partial charge in [-0.1, -0.05) is 112 Å². The van der Waals surface area contributed by atoms with E-state index in [-0.39, 0.29) is 5.82 Å². The zero-order valence-corrected chi connectivity index (χ0v) is 23.5. The quantitative estimate of drug-likeness (QED) is 0.146. The zero-order chi connectivity index (χ0) is 27.3. The van der Waals surface area contributed by atoms with E-state index in [0.717, 1.165) is 34.9 Å². The molecule has 0 unspecified atom stereocenters. The number of aryl methyl sites for hydroxylation is 2. The summed E-state index contributed by atoms with van der Waals surface area (Å²) in [6, 6.07) is 26.3. The first-order valence-corrected chi connectivity index (χ1v) is 14.6. The van der Waals surface area contributed by atoms with Crippen molar-refractivity contribution in [3.8, 4) is 23.7 Å². The number of hydrogen-bond donors (Lipinski definition) is 0. The molecule has 0 aliphatic rings. The van der Waals surface area contributed by atoms with Crippen molar-refractivity contribution in [2.45, 2.75) is 78.1 Å². The van der Waals surface area contributed by atoms with Crippen molar-refractivity contribution in [1.82, 2.24) is 0 Å². The van der Waals surface area contributed by atoms with Crippen LogP contribution in [0.25, 0.3) is 10.8 Å². The Morgan fingerprint density at radius 1 is 0.513 bits per heavy atom. The monoisotopic (exact) mass is 514 g/mol. The van der Waals surface area contributed by atoms with E-state index < -0.39 is 0 Å². The minimum absolute atomic E-state index is 0.245. The lowest BCUT2D eigenvalue weighted by Crippen LogP contribution is -1.90. The first-order valence-electron chi connectivity index (χ1n) is 14.6. The van der Waals surface area contributed by atoms with Crippen molar-refractivity contribution >= 4 is 10.8 Å². The third-order valence-electron chi connectivity index (χ3n) is 7.19. The van der Waals surface area contributed by atoms with Crippen LogP contribution in [-0.2, 0) is 12.8 Å². The van der Waals surface area contributed by atoms with Gasteiger partial charge < -0.3 is 0 Å². The van der Waals surface area contributed by atoms with E-state index >= 15 is 4.39 Å². The lowest BCUT2D eigenvalue weighted by molar-refractivity contribution is 0.632. The average Bonchev–Trinajstić information content (AvgIpc) is 2.97. The van der Waals surface area contributed by atoms with Gasteiger partial charge in [-0.05, 0) is 84.7 Å². The molecule has 0 aromatic heterocycles. The van der Waals surface area contributed by atoms with Gasteiger partial charge >= 0.3 is 0 Å². The Hall–Kier alpha value is -3.81. The Balaban J connectivity index is 1.36. The Kier molecular flexibility index (Phi) is 10.8. The van der Waals surface area contributed by atoms with Gasteiger partial charge in [0, 0.05) is 22.1 Å². The molecule has 0 heterocycles. The highest BCUT2D eigenvalue weighted by molar-refractivity contribution is 5.85. The largest absolute Gasteiger partial charge is 0.205 e. The maximum absolute atomic E-state index is 15.1. The number of unbranched alkanes of at least 4 members (excludes halogenated alkanes) is 6. The summed E-state index contributed by atoms with van der Waals surface area (Å²) in [7, 11) is 0. The summed E-state index contributed by atoms with van der Waals surface area (Å²) in [4.78, 5) is 0. The van der Waals surface area contributed by atoms with Gasteiger partial charge in [0.05, 0.1) is 5.56 Å². The van der Waals surface area contributed by atoms with Crippen molar-refractivity contribution in [3.63, 3.8) is 0 Å². The Bertz CT molecular complexity index is 1470. The molecule has 0 atom stereocenters. The predicted molar refractivity (Wildman–Crippen MR) is 164 cm³/mol. The SMILES string of the molecule is CCCCCCCc1ccc(C#Cc2ccc(C#Cc3ccc4cc(CCCCC)ccc4c3F)cc2)cc1. The van der Waals surface area contributed by atoms with E-state index in [0.29, 0.717) is 10.9 Å². The van der Waals surface area contributed by atoms with Crippen LogP contribution in [0.4, 0.5) is 4.39 Å². The first-order chi connectivity index (χ1) is 19.2. The molecule has 0 radical (unpaired) electrons. The van der Waals surface area contributed by atoms with E-state index in [1.54, 1.807) is 6.07 Å². The molecule has 0 aliphatic heterocycles. The third kappa shape index (κ3) is 8.60. The summed E-state index contributed by atoms with van der Waals surface area (Å²) in [5.74, 6) is 12.4. The van der Waals surface area contributed by atoms with Gasteiger partial charge in [-0.25, -0.2) is 4.39 Å². The number of hydrogen-bond acceptors (Lipinski definition) is 0. The maximum atomic E-state index is 15.1. The van der Waals surface area contributed by atoms with Crippen LogP contribution < -0.4 is 0 Å². The highest BCUT2D eigenvalue weighted by atomic mass is 19.1. The molecule has 0 bridgehead atoms. The summed E-state index contributed by atoms with van der Waals surface area (Å²) in [5.41, 5.74) is 5.88. The molecule has 0 aliphatic carbocycles. The van der Waals surface area contributed by atoms with E-state index in [9.17, 15) is 0 Å². The molecule has 39 heavy (non-hydrogen) atoms. The second-order valence-electron chi connectivity index (χ2n) is 10.4. The van der Waals surface area contributed by atoms with Crippen molar-refractivity contribution in [2.24, 2.45) is 0 Å².